The molecule has 0 bridgehead atoms. The van der Waals surface area contributed by atoms with E-state index < -0.39 is 17.8 Å². The van der Waals surface area contributed by atoms with Gasteiger partial charge in [-0.25, -0.2) is 9.18 Å². The minimum absolute atomic E-state index is 0.206. The van der Waals surface area contributed by atoms with Crippen LogP contribution in [0.1, 0.15) is 17.2 Å². The molecule has 4 nitrogen and oxygen atoms in total. The van der Waals surface area contributed by atoms with Crippen LogP contribution in [-0.2, 0) is 9.59 Å². The van der Waals surface area contributed by atoms with E-state index in [1.54, 1.807) is 6.92 Å². The van der Waals surface area contributed by atoms with E-state index >= 15 is 0 Å². The first-order chi connectivity index (χ1) is 7.06. The molecule has 0 fully saturated rings. The van der Waals surface area contributed by atoms with Gasteiger partial charge in [0.15, 0.2) is 6.04 Å². The van der Waals surface area contributed by atoms with Crippen LogP contribution in [0.25, 0.3) is 0 Å². The molecule has 1 amide bonds. The SMILES string of the molecule is Cc1ccc(C(NC=O)C(=O)O)cc1F. The molecule has 0 saturated heterocycles. The molecule has 1 unspecified atom stereocenters. The van der Waals surface area contributed by atoms with Crippen molar-refractivity contribution < 1.29 is 19.1 Å². The lowest BCUT2D eigenvalue weighted by Gasteiger charge is -2.11. The van der Waals surface area contributed by atoms with Crippen molar-refractivity contribution in [3.8, 4) is 0 Å². The van der Waals surface area contributed by atoms with Gasteiger partial charge in [-0.2, -0.15) is 0 Å². The zero-order chi connectivity index (χ0) is 11.4. The molecule has 15 heavy (non-hydrogen) atoms. The number of aliphatic carboxylic acids is 1. The molecule has 0 spiro atoms. The highest BCUT2D eigenvalue weighted by atomic mass is 19.1. The minimum Gasteiger partial charge on any atom is -0.479 e. The first-order valence-electron chi connectivity index (χ1n) is 4.25. The topological polar surface area (TPSA) is 66.4 Å². The molecule has 1 aromatic rings. The summed E-state index contributed by atoms with van der Waals surface area (Å²) in [6.45, 7) is 1.57. The minimum atomic E-state index is -1.23. The van der Waals surface area contributed by atoms with Crippen molar-refractivity contribution in [2.45, 2.75) is 13.0 Å². The van der Waals surface area contributed by atoms with Crippen molar-refractivity contribution in [1.29, 1.82) is 0 Å². The second-order valence-corrected chi connectivity index (χ2v) is 3.06. The van der Waals surface area contributed by atoms with Gasteiger partial charge in [-0.1, -0.05) is 12.1 Å². The zero-order valence-electron chi connectivity index (χ0n) is 8.03. The number of halogens is 1. The molecule has 1 rings (SSSR count). The first-order valence-corrected chi connectivity index (χ1v) is 4.25. The summed E-state index contributed by atoms with van der Waals surface area (Å²) < 4.78 is 13.1. The number of benzene rings is 1. The van der Waals surface area contributed by atoms with Gasteiger partial charge < -0.3 is 10.4 Å². The molecular formula is C10H10FNO3. The Bertz CT molecular complexity index is 392. The van der Waals surface area contributed by atoms with Crippen molar-refractivity contribution in [3.05, 3.63) is 35.1 Å². The summed E-state index contributed by atoms with van der Waals surface area (Å²) >= 11 is 0. The smallest absolute Gasteiger partial charge is 0.330 e. The third kappa shape index (κ3) is 2.52. The molecule has 0 aliphatic carbocycles. The Kier molecular flexibility index (Phi) is 3.38. The number of hydrogen-bond acceptors (Lipinski definition) is 2. The van der Waals surface area contributed by atoms with E-state index in [4.69, 9.17) is 5.11 Å². The molecular weight excluding hydrogens is 201 g/mol. The Labute approximate surface area is 85.7 Å². The summed E-state index contributed by atoms with van der Waals surface area (Å²) in [5.41, 5.74) is 0.631. The number of carbonyl (C=O) groups excluding carboxylic acids is 1. The van der Waals surface area contributed by atoms with Gasteiger partial charge in [0.2, 0.25) is 6.41 Å². The predicted molar refractivity (Wildman–Crippen MR) is 50.7 cm³/mol. The number of carboxylic acid groups (broad SMARTS) is 1. The van der Waals surface area contributed by atoms with E-state index in [1.807, 2.05) is 0 Å². The van der Waals surface area contributed by atoms with Gasteiger partial charge in [-0.3, -0.25) is 4.79 Å². The average molecular weight is 211 g/mol. The molecule has 0 aromatic heterocycles. The summed E-state index contributed by atoms with van der Waals surface area (Å²) in [4.78, 5) is 20.9. The quantitative estimate of drug-likeness (QED) is 0.730. The second-order valence-electron chi connectivity index (χ2n) is 3.06. The van der Waals surface area contributed by atoms with Gasteiger partial charge in [-0.15, -0.1) is 0 Å². The van der Waals surface area contributed by atoms with Gasteiger partial charge in [-0.05, 0) is 24.1 Å². The molecule has 80 valence electrons. The number of hydrogen-bond donors (Lipinski definition) is 2. The number of carbonyl (C=O) groups is 2. The molecule has 0 aliphatic heterocycles. The Balaban J connectivity index is 3.06. The largest absolute Gasteiger partial charge is 0.479 e. The number of nitrogens with one attached hydrogen (secondary N) is 1. The standard InChI is InChI=1S/C10H10FNO3/c1-6-2-3-7(4-8(6)11)9(10(14)15)12-5-13/h2-5,9H,1H3,(H,12,13)(H,14,15). The first kappa shape index (κ1) is 11.2. The molecule has 1 aromatic carbocycles. The van der Waals surface area contributed by atoms with Crippen LogP contribution in [-0.4, -0.2) is 17.5 Å². The van der Waals surface area contributed by atoms with E-state index in [9.17, 15) is 14.0 Å². The molecule has 0 radical (unpaired) electrons. The highest BCUT2D eigenvalue weighted by Crippen LogP contribution is 2.16. The van der Waals surface area contributed by atoms with Crippen LogP contribution in [0, 0.1) is 12.7 Å². The Morgan fingerprint density at radius 1 is 1.60 bits per heavy atom. The van der Waals surface area contributed by atoms with Crippen LogP contribution in [0.15, 0.2) is 18.2 Å². The van der Waals surface area contributed by atoms with E-state index in [1.165, 1.54) is 12.1 Å². The Morgan fingerprint density at radius 2 is 2.27 bits per heavy atom. The number of carboxylic acids is 1. The summed E-state index contributed by atoms with van der Waals surface area (Å²) in [6, 6.07) is 2.82. The van der Waals surface area contributed by atoms with Crippen LogP contribution >= 0.6 is 0 Å². The molecule has 0 heterocycles. The van der Waals surface area contributed by atoms with Gasteiger partial charge in [0.25, 0.3) is 0 Å². The lowest BCUT2D eigenvalue weighted by molar-refractivity contribution is -0.140. The van der Waals surface area contributed by atoms with Crippen molar-refractivity contribution in [3.63, 3.8) is 0 Å². The number of aryl methyl sites for hydroxylation is 1. The Morgan fingerprint density at radius 3 is 2.73 bits per heavy atom. The maximum Gasteiger partial charge on any atom is 0.330 e. The summed E-state index contributed by atoms with van der Waals surface area (Å²) in [5, 5.41) is 10.9. The molecule has 5 heteroatoms. The maximum atomic E-state index is 13.1. The van der Waals surface area contributed by atoms with Gasteiger partial charge in [0, 0.05) is 0 Å². The maximum absolute atomic E-state index is 13.1. The second kappa shape index (κ2) is 4.54. The highest BCUT2D eigenvalue weighted by molar-refractivity contribution is 5.78. The van der Waals surface area contributed by atoms with Gasteiger partial charge in [0.05, 0.1) is 0 Å². The van der Waals surface area contributed by atoms with Crippen LogP contribution in [0.4, 0.5) is 4.39 Å². The highest BCUT2D eigenvalue weighted by Gasteiger charge is 2.19. The normalized spacial score (nSPS) is 11.9. The third-order valence-electron chi connectivity index (χ3n) is 2.01. The predicted octanol–water partition coefficient (Wildman–Crippen LogP) is 1.01. The van der Waals surface area contributed by atoms with E-state index in [0.717, 1.165) is 6.07 Å². The fourth-order valence-corrected chi connectivity index (χ4v) is 1.17. The van der Waals surface area contributed by atoms with Crippen LogP contribution in [0.2, 0.25) is 0 Å². The third-order valence-corrected chi connectivity index (χ3v) is 2.01. The van der Waals surface area contributed by atoms with Crippen molar-refractivity contribution in [2.75, 3.05) is 0 Å². The lowest BCUT2D eigenvalue weighted by Crippen LogP contribution is -2.27. The van der Waals surface area contributed by atoms with Gasteiger partial charge >= 0.3 is 5.97 Å². The van der Waals surface area contributed by atoms with Crippen molar-refractivity contribution >= 4 is 12.4 Å². The van der Waals surface area contributed by atoms with Crippen LogP contribution < -0.4 is 5.32 Å². The van der Waals surface area contributed by atoms with E-state index in [2.05, 4.69) is 5.32 Å². The summed E-state index contributed by atoms with van der Waals surface area (Å²) in [7, 11) is 0. The summed E-state index contributed by atoms with van der Waals surface area (Å²) in [5.74, 6) is -1.73. The average Bonchev–Trinajstić information content (AvgIpc) is 2.18. The molecule has 1 atom stereocenters. The number of rotatable bonds is 4. The monoisotopic (exact) mass is 211 g/mol. The lowest BCUT2D eigenvalue weighted by atomic mass is 10.1. The van der Waals surface area contributed by atoms with Crippen LogP contribution in [0.3, 0.4) is 0 Å². The molecule has 0 aliphatic rings. The van der Waals surface area contributed by atoms with Crippen molar-refractivity contribution in [1.82, 2.24) is 5.32 Å². The fourth-order valence-electron chi connectivity index (χ4n) is 1.17. The molecule has 0 saturated carbocycles. The zero-order valence-corrected chi connectivity index (χ0v) is 8.03. The van der Waals surface area contributed by atoms with Crippen molar-refractivity contribution in [2.24, 2.45) is 0 Å². The Hall–Kier alpha value is -1.91. The molecule has 2 N–H and O–H groups in total. The number of amides is 1. The van der Waals surface area contributed by atoms with Crippen LogP contribution in [0.5, 0.6) is 0 Å². The summed E-state index contributed by atoms with van der Waals surface area (Å²) in [6.07, 6.45) is 0.274. The fraction of sp³-hybridized carbons (Fsp3) is 0.200. The van der Waals surface area contributed by atoms with E-state index in [-0.39, 0.29) is 12.0 Å². The van der Waals surface area contributed by atoms with E-state index in [0.29, 0.717) is 5.56 Å². The van der Waals surface area contributed by atoms with Gasteiger partial charge in [0.1, 0.15) is 5.82 Å².